The summed E-state index contributed by atoms with van der Waals surface area (Å²) in [5, 5.41) is 10.4. The first kappa shape index (κ1) is 15.6. The zero-order valence-electron chi connectivity index (χ0n) is 12.8. The Morgan fingerprint density at radius 1 is 1.57 bits per heavy atom. The fourth-order valence-electron chi connectivity index (χ4n) is 2.78. The van der Waals surface area contributed by atoms with Gasteiger partial charge in [0.05, 0.1) is 18.3 Å². The van der Waals surface area contributed by atoms with Gasteiger partial charge in [-0.25, -0.2) is 4.79 Å². The van der Waals surface area contributed by atoms with E-state index in [-0.39, 0.29) is 12.1 Å². The number of nitrogens with one attached hydrogen (secondary N) is 2. The van der Waals surface area contributed by atoms with E-state index in [0.717, 1.165) is 18.5 Å². The van der Waals surface area contributed by atoms with Gasteiger partial charge in [-0.2, -0.15) is 5.10 Å². The molecular weight excluding hydrogens is 264 g/mol. The van der Waals surface area contributed by atoms with Crippen LogP contribution in [0.15, 0.2) is 24.9 Å². The Kier molecular flexibility index (Phi) is 5.84. The lowest BCUT2D eigenvalue weighted by Gasteiger charge is -2.15. The van der Waals surface area contributed by atoms with Crippen molar-refractivity contribution in [2.75, 3.05) is 0 Å². The summed E-state index contributed by atoms with van der Waals surface area (Å²) in [5.74, 6) is 0. The Bertz CT molecular complexity index is 463. The highest BCUT2D eigenvalue weighted by Gasteiger charge is 2.17. The second-order valence-corrected chi connectivity index (χ2v) is 5.68. The molecule has 0 aliphatic heterocycles. The molecule has 1 aliphatic rings. The number of urea groups is 1. The number of amides is 2. The van der Waals surface area contributed by atoms with E-state index >= 15 is 0 Å². The summed E-state index contributed by atoms with van der Waals surface area (Å²) in [6.45, 7) is 6.23. The molecular formula is C16H26N4O. The van der Waals surface area contributed by atoms with Gasteiger partial charge in [0.2, 0.25) is 0 Å². The van der Waals surface area contributed by atoms with Gasteiger partial charge in [-0.15, -0.1) is 6.58 Å². The van der Waals surface area contributed by atoms with Gasteiger partial charge in [0.1, 0.15) is 0 Å². The van der Waals surface area contributed by atoms with Crippen LogP contribution in [0.1, 0.15) is 57.2 Å². The van der Waals surface area contributed by atoms with E-state index in [4.69, 9.17) is 0 Å². The van der Waals surface area contributed by atoms with Crippen LogP contribution in [0.25, 0.3) is 0 Å². The summed E-state index contributed by atoms with van der Waals surface area (Å²) < 4.78 is 2.05. The lowest BCUT2D eigenvalue weighted by molar-refractivity contribution is 0.236. The summed E-state index contributed by atoms with van der Waals surface area (Å²) in [4.78, 5) is 11.8. The monoisotopic (exact) mass is 290 g/mol. The van der Waals surface area contributed by atoms with Crippen molar-refractivity contribution in [2.45, 2.75) is 64.1 Å². The van der Waals surface area contributed by atoms with Crippen LogP contribution in [-0.2, 0) is 6.54 Å². The van der Waals surface area contributed by atoms with Crippen LogP contribution >= 0.6 is 0 Å². The summed E-state index contributed by atoms with van der Waals surface area (Å²) in [6.07, 6.45) is 10.6. The fraction of sp³-hybridized carbons (Fsp3) is 0.625. The number of carbonyl (C=O) groups is 1. The number of hydrogen-bond donors (Lipinski definition) is 2. The van der Waals surface area contributed by atoms with Crippen molar-refractivity contribution in [2.24, 2.45) is 0 Å². The molecule has 21 heavy (non-hydrogen) atoms. The Morgan fingerprint density at radius 2 is 2.33 bits per heavy atom. The van der Waals surface area contributed by atoms with Gasteiger partial charge >= 0.3 is 6.03 Å². The van der Waals surface area contributed by atoms with Crippen molar-refractivity contribution < 1.29 is 4.79 Å². The van der Waals surface area contributed by atoms with Crippen molar-refractivity contribution in [3.05, 3.63) is 30.6 Å². The Hall–Kier alpha value is -1.78. The molecule has 116 valence electrons. The maximum absolute atomic E-state index is 11.8. The first-order valence-electron chi connectivity index (χ1n) is 7.92. The van der Waals surface area contributed by atoms with Crippen LogP contribution in [0.2, 0.25) is 0 Å². The highest BCUT2D eigenvalue weighted by Crippen LogP contribution is 2.28. The highest BCUT2D eigenvalue weighted by molar-refractivity contribution is 5.74. The fourth-order valence-corrected chi connectivity index (χ4v) is 2.78. The standard InChI is InChI=1S/C16H26N4O/c1-3-7-13(4-2)18-16(21)17-12-14-10-11-20(19-14)15-8-5-6-9-15/h3,10-11,13,15H,1,4-9,12H2,2H3,(H2,17,18,21)/t13-/m0/s1. The van der Waals surface area contributed by atoms with E-state index < -0.39 is 0 Å². The highest BCUT2D eigenvalue weighted by atomic mass is 16.2. The summed E-state index contributed by atoms with van der Waals surface area (Å²) >= 11 is 0. The van der Waals surface area contributed by atoms with Gasteiger partial charge in [-0.05, 0) is 31.7 Å². The first-order chi connectivity index (χ1) is 10.2. The van der Waals surface area contributed by atoms with Gasteiger partial charge in [0, 0.05) is 12.2 Å². The van der Waals surface area contributed by atoms with Gasteiger partial charge in [0.15, 0.2) is 0 Å². The van der Waals surface area contributed by atoms with Crippen LogP contribution < -0.4 is 10.6 Å². The predicted molar refractivity (Wildman–Crippen MR) is 84.0 cm³/mol. The molecule has 0 radical (unpaired) electrons. The number of nitrogens with zero attached hydrogens (tertiary/aromatic N) is 2. The normalized spacial score (nSPS) is 16.6. The molecule has 5 heteroatoms. The molecule has 2 amide bonds. The number of carbonyl (C=O) groups excluding carboxylic acids is 1. The Balaban J connectivity index is 1.77. The van der Waals surface area contributed by atoms with Crippen molar-refractivity contribution in [3.8, 4) is 0 Å². The number of aromatic nitrogens is 2. The molecule has 1 fully saturated rings. The molecule has 1 aliphatic carbocycles. The van der Waals surface area contributed by atoms with Crippen LogP contribution in [-0.4, -0.2) is 21.9 Å². The Labute approximate surface area is 126 Å². The predicted octanol–water partition coefficient (Wildman–Crippen LogP) is 3.15. The molecule has 0 spiro atoms. The van der Waals surface area contributed by atoms with E-state index in [2.05, 4.69) is 33.9 Å². The van der Waals surface area contributed by atoms with Gasteiger partial charge < -0.3 is 10.6 Å². The van der Waals surface area contributed by atoms with Crippen molar-refractivity contribution in [1.82, 2.24) is 20.4 Å². The third-order valence-corrected chi connectivity index (χ3v) is 4.07. The first-order valence-corrected chi connectivity index (χ1v) is 7.92. The SMILES string of the molecule is C=CC[C@H](CC)NC(=O)NCc1ccn(C2CCCC2)n1. The van der Waals surface area contributed by atoms with Crippen molar-refractivity contribution in [1.29, 1.82) is 0 Å². The van der Waals surface area contributed by atoms with Crippen LogP contribution in [0, 0.1) is 0 Å². The van der Waals surface area contributed by atoms with E-state index in [1.54, 1.807) is 0 Å². The molecule has 1 atom stereocenters. The average molecular weight is 290 g/mol. The van der Waals surface area contributed by atoms with E-state index in [1.807, 2.05) is 18.3 Å². The quantitative estimate of drug-likeness (QED) is 0.758. The summed E-state index contributed by atoms with van der Waals surface area (Å²) in [6, 6.07) is 2.54. The lowest BCUT2D eigenvalue weighted by atomic mass is 10.1. The van der Waals surface area contributed by atoms with Crippen LogP contribution in [0.4, 0.5) is 4.79 Å². The molecule has 0 aromatic carbocycles. The molecule has 1 saturated carbocycles. The summed E-state index contributed by atoms with van der Waals surface area (Å²) in [5.41, 5.74) is 0.911. The van der Waals surface area contributed by atoms with Gasteiger partial charge in [-0.3, -0.25) is 4.68 Å². The van der Waals surface area contributed by atoms with Crippen molar-refractivity contribution in [3.63, 3.8) is 0 Å². The number of hydrogen-bond acceptors (Lipinski definition) is 2. The lowest BCUT2D eigenvalue weighted by Crippen LogP contribution is -2.41. The van der Waals surface area contributed by atoms with Crippen LogP contribution in [0.3, 0.4) is 0 Å². The minimum absolute atomic E-state index is 0.140. The minimum atomic E-state index is -0.140. The van der Waals surface area contributed by atoms with E-state index in [1.165, 1.54) is 25.7 Å². The second kappa shape index (κ2) is 7.86. The third kappa shape index (κ3) is 4.62. The number of rotatable bonds is 7. The van der Waals surface area contributed by atoms with Gasteiger partial charge in [-0.1, -0.05) is 25.8 Å². The second-order valence-electron chi connectivity index (χ2n) is 5.68. The molecule has 5 nitrogen and oxygen atoms in total. The Morgan fingerprint density at radius 3 is 3.00 bits per heavy atom. The smallest absolute Gasteiger partial charge is 0.315 e. The molecule has 1 heterocycles. The topological polar surface area (TPSA) is 59.0 Å². The molecule has 2 rings (SSSR count). The average Bonchev–Trinajstić information content (AvgIpc) is 3.15. The van der Waals surface area contributed by atoms with E-state index in [9.17, 15) is 4.79 Å². The van der Waals surface area contributed by atoms with Crippen molar-refractivity contribution >= 4 is 6.03 Å². The zero-order valence-corrected chi connectivity index (χ0v) is 12.8. The van der Waals surface area contributed by atoms with E-state index in [0.29, 0.717) is 12.6 Å². The summed E-state index contributed by atoms with van der Waals surface area (Å²) in [7, 11) is 0. The molecule has 1 aromatic heterocycles. The van der Waals surface area contributed by atoms with Crippen LogP contribution in [0.5, 0.6) is 0 Å². The minimum Gasteiger partial charge on any atom is -0.335 e. The van der Waals surface area contributed by atoms with Gasteiger partial charge in [0.25, 0.3) is 0 Å². The molecule has 2 N–H and O–H groups in total. The molecule has 0 unspecified atom stereocenters. The largest absolute Gasteiger partial charge is 0.335 e. The maximum atomic E-state index is 11.8. The third-order valence-electron chi connectivity index (χ3n) is 4.07. The maximum Gasteiger partial charge on any atom is 0.315 e. The molecule has 0 saturated heterocycles. The molecule has 0 bridgehead atoms. The molecule has 1 aromatic rings. The zero-order chi connectivity index (χ0) is 15.1.